The van der Waals surface area contributed by atoms with Gasteiger partial charge in [-0.2, -0.15) is 0 Å². The van der Waals surface area contributed by atoms with Crippen LogP contribution in [0.2, 0.25) is 0 Å². The van der Waals surface area contributed by atoms with Crippen molar-refractivity contribution in [3.63, 3.8) is 0 Å². The van der Waals surface area contributed by atoms with Gasteiger partial charge in [0.25, 0.3) is 11.5 Å². The zero-order valence-corrected chi connectivity index (χ0v) is 17.3. The van der Waals surface area contributed by atoms with Gasteiger partial charge >= 0.3 is 0 Å². The standard InChI is InChI=1S/C24H28N2O3/c1-4-12-26-22-13-19(29-16-23(27)25-15-17(2)3)10-11-20(22)21(14-24(26)28)18-8-6-5-7-9-18/h5-11,13-14,17H,4,12,15-16H2,1-3H3,(H,25,27). The van der Waals surface area contributed by atoms with Crippen molar-refractivity contribution >= 4 is 16.8 Å². The number of nitrogens with zero attached hydrogens (tertiary/aromatic N) is 1. The highest BCUT2D eigenvalue weighted by Crippen LogP contribution is 2.29. The third-order valence-electron chi connectivity index (χ3n) is 4.69. The van der Waals surface area contributed by atoms with Crippen LogP contribution in [0.25, 0.3) is 22.0 Å². The summed E-state index contributed by atoms with van der Waals surface area (Å²) in [5, 5.41) is 3.83. The first-order valence-corrected chi connectivity index (χ1v) is 10.1. The van der Waals surface area contributed by atoms with Crippen LogP contribution in [0.15, 0.2) is 59.4 Å². The number of hydrogen-bond donors (Lipinski definition) is 1. The number of nitrogens with one attached hydrogen (secondary N) is 1. The number of amides is 1. The van der Waals surface area contributed by atoms with E-state index in [2.05, 4.69) is 5.32 Å². The molecule has 0 unspecified atom stereocenters. The lowest BCUT2D eigenvalue weighted by Gasteiger charge is -2.15. The number of aromatic nitrogens is 1. The van der Waals surface area contributed by atoms with E-state index in [9.17, 15) is 9.59 Å². The highest BCUT2D eigenvalue weighted by atomic mass is 16.5. The second kappa shape index (κ2) is 9.41. The van der Waals surface area contributed by atoms with E-state index in [1.165, 1.54) is 0 Å². The Morgan fingerprint density at radius 2 is 1.86 bits per heavy atom. The Bertz CT molecular complexity index is 1040. The second-order valence-corrected chi connectivity index (χ2v) is 7.58. The molecule has 1 N–H and O–H groups in total. The normalized spacial score (nSPS) is 11.0. The van der Waals surface area contributed by atoms with Crippen molar-refractivity contribution in [2.45, 2.75) is 33.7 Å². The van der Waals surface area contributed by atoms with Gasteiger partial charge in [0.2, 0.25) is 0 Å². The molecule has 0 radical (unpaired) electrons. The van der Waals surface area contributed by atoms with Crippen molar-refractivity contribution in [1.29, 1.82) is 0 Å². The maximum absolute atomic E-state index is 12.8. The van der Waals surface area contributed by atoms with Crippen LogP contribution in [0.4, 0.5) is 0 Å². The summed E-state index contributed by atoms with van der Waals surface area (Å²) in [5.41, 5.74) is 2.68. The van der Waals surface area contributed by atoms with E-state index in [0.29, 0.717) is 24.8 Å². The van der Waals surface area contributed by atoms with Gasteiger partial charge in [0.15, 0.2) is 6.61 Å². The van der Waals surface area contributed by atoms with Gasteiger partial charge in [-0.05, 0) is 35.6 Å². The topological polar surface area (TPSA) is 60.3 Å². The average molecular weight is 392 g/mol. The van der Waals surface area contributed by atoms with Crippen molar-refractivity contribution in [2.24, 2.45) is 5.92 Å². The minimum Gasteiger partial charge on any atom is -0.484 e. The maximum atomic E-state index is 12.8. The van der Waals surface area contributed by atoms with Crippen LogP contribution >= 0.6 is 0 Å². The molecule has 3 rings (SSSR count). The lowest BCUT2D eigenvalue weighted by molar-refractivity contribution is -0.123. The molecule has 0 saturated carbocycles. The van der Waals surface area contributed by atoms with Crippen molar-refractivity contribution in [3.05, 3.63) is 65.0 Å². The zero-order chi connectivity index (χ0) is 20.8. The molecule has 0 aliphatic carbocycles. The highest BCUT2D eigenvalue weighted by Gasteiger charge is 2.12. The molecule has 0 aliphatic heterocycles. The summed E-state index contributed by atoms with van der Waals surface area (Å²) < 4.78 is 7.47. The number of ether oxygens (including phenoxy) is 1. The Balaban J connectivity index is 1.96. The second-order valence-electron chi connectivity index (χ2n) is 7.58. The molecular weight excluding hydrogens is 364 g/mol. The number of rotatable bonds is 8. The van der Waals surface area contributed by atoms with Crippen LogP contribution in [0.3, 0.4) is 0 Å². The van der Waals surface area contributed by atoms with E-state index in [-0.39, 0.29) is 18.1 Å². The smallest absolute Gasteiger partial charge is 0.257 e. The number of hydrogen-bond acceptors (Lipinski definition) is 3. The fourth-order valence-electron chi connectivity index (χ4n) is 3.28. The fraction of sp³-hybridized carbons (Fsp3) is 0.333. The molecule has 29 heavy (non-hydrogen) atoms. The van der Waals surface area contributed by atoms with Gasteiger partial charge in [-0.25, -0.2) is 0 Å². The number of pyridine rings is 1. The predicted molar refractivity (Wildman–Crippen MR) is 117 cm³/mol. The molecule has 1 heterocycles. The predicted octanol–water partition coefficient (Wildman–Crippen LogP) is 4.23. The Hall–Kier alpha value is -3.08. The maximum Gasteiger partial charge on any atom is 0.257 e. The molecule has 0 saturated heterocycles. The van der Waals surface area contributed by atoms with Gasteiger partial charge in [-0.3, -0.25) is 9.59 Å². The molecule has 0 aliphatic rings. The number of aryl methyl sites for hydroxylation is 1. The summed E-state index contributed by atoms with van der Waals surface area (Å²) >= 11 is 0. The van der Waals surface area contributed by atoms with Gasteiger partial charge in [-0.15, -0.1) is 0 Å². The van der Waals surface area contributed by atoms with E-state index >= 15 is 0 Å². The quantitative estimate of drug-likeness (QED) is 0.624. The van der Waals surface area contributed by atoms with Gasteiger partial charge < -0.3 is 14.6 Å². The van der Waals surface area contributed by atoms with E-state index in [4.69, 9.17) is 4.74 Å². The molecule has 5 nitrogen and oxygen atoms in total. The first kappa shape index (κ1) is 20.6. The van der Waals surface area contributed by atoms with E-state index < -0.39 is 0 Å². The van der Waals surface area contributed by atoms with E-state index in [1.54, 1.807) is 10.6 Å². The molecule has 0 fully saturated rings. The average Bonchev–Trinajstić information content (AvgIpc) is 2.73. The third kappa shape index (κ3) is 5.05. The van der Waals surface area contributed by atoms with Crippen LogP contribution < -0.4 is 15.6 Å². The molecule has 2 aromatic carbocycles. The number of carbonyl (C=O) groups is 1. The van der Waals surface area contributed by atoms with Crippen molar-refractivity contribution in [3.8, 4) is 16.9 Å². The fourth-order valence-corrected chi connectivity index (χ4v) is 3.28. The molecule has 0 bridgehead atoms. The first-order valence-electron chi connectivity index (χ1n) is 10.1. The van der Waals surface area contributed by atoms with Crippen LogP contribution in [-0.4, -0.2) is 23.6 Å². The Morgan fingerprint density at radius 3 is 2.55 bits per heavy atom. The summed E-state index contributed by atoms with van der Waals surface area (Å²) in [7, 11) is 0. The first-order chi connectivity index (χ1) is 14.0. The molecule has 3 aromatic rings. The Kier molecular flexibility index (Phi) is 6.70. The summed E-state index contributed by atoms with van der Waals surface area (Å²) in [4.78, 5) is 24.8. The zero-order valence-electron chi connectivity index (χ0n) is 17.3. The van der Waals surface area contributed by atoms with Crippen molar-refractivity contribution in [2.75, 3.05) is 13.2 Å². The lowest BCUT2D eigenvalue weighted by Crippen LogP contribution is -2.31. The molecule has 0 atom stereocenters. The summed E-state index contributed by atoms with van der Waals surface area (Å²) in [6.45, 7) is 7.33. The van der Waals surface area contributed by atoms with Crippen molar-refractivity contribution in [1.82, 2.24) is 9.88 Å². The molecule has 1 amide bonds. The van der Waals surface area contributed by atoms with Crippen LogP contribution in [-0.2, 0) is 11.3 Å². The molecule has 0 spiro atoms. The summed E-state index contributed by atoms with van der Waals surface area (Å²) in [6.07, 6.45) is 0.850. The summed E-state index contributed by atoms with van der Waals surface area (Å²) in [6, 6.07) is 17.3. The highest BCUT2D eigenvalue weighted by molar-refractivity contribution is 5.95. The molecule has 152 valence electrons. The molecule has 5 heteroatoms. The number of fused-ring (bicyclic) bond motifs is 1. The van der Waals surface area contributed by atoms with Gasteiger partial charge in [0.1, 0.15) is 5.75 Å². The minimum atomic E-state index is -0.150. The number of carbonyl (C=O) groups excluding carboxylic acids is 1. The lowest BCUT2D eigenvalue weighted by atomic mass is 10.0. The third-order valence-corrected chi connectivity index (χ3v) is 4.69. The van der Waals surface area contributed by atoms with Crippen LogP contribution in [0.5, 0.6) is 5.75 Å². The van der Waals surface area contributed by atoms with E-state index in [0.717, 1.165) is 28.5 Å². The largest absolute Gasteiger partial charge is 0.484 e. The van der Waals surface area contributed by atoms with Gasteiger partial charge in [0.05, 0.1) is 5.52 Å². The Morgan fingerprint density at radius 1 is 1.10 bits per heavy atom. The molecule has 1 aromatic heterocycles. The molecular formula is C24H28N2O3. The SMILES string of the molecule is CCCn1c(=O)cc(-c2ccccc2)c2ccc(OCC(=O)NCC(C)C)cc21. The van der Waals surface area contributed by atoms with E-state index in [1.807, 2.05) is 69.3 Å². The van der Waals surface area contributed by atoms with Gasteiger partial charge in [-0.1, -0.05) is 51.1 Å². The number of benzene rings is 2. The van der Waals surface area contributed by atoms with Crippen LogP contribution in [0, 0.1) is 5.92 Å². The van der Waals surface area contributed by atoms with Crippen LogP contribution in [0.1, 0.15) is 27.2 Å². The van der Waals surface area contributed by atoms with Crippen molar-refractivity contribution < 1.29 is 9.53 Å². The summed E-state index contributed by atoms with van der Waals surface area (Å²) in [5.74, 6) is 0.814. The Labute approximate surface area is 171 Å². The van der Waals surface area contributed by atoms with Gasteiger partial charge in [0, 0.05) is 30.6 Å². The monoisotopic (exact) mass is 392 g/mol. The minimum absolute atomic E-state index is 0.0370.